The van der Waals surface area contributed by atoms with Crippen molar-refractivity contribution in [3.8, 4) is 0 Å². The number of rotatable bonds is 3. The maximum Gasteiger partial charge on any atom is 0.0914 e. The van der Waals surface area contributed by atoms with E-state index < -0.39 is 5.60 Å². The van der Waals surface area contributed by atoms with Crippen LogP contribution in [0, 0.1) is 0 Å². The number of hydrogen-bond acceptors (Lipinski definition) is 2. The summed E-state index contributed by atoms with van der Waals surface area (Å²) in [4.78, 5) is 4.13. The summed E-state index contributed by atoms with van der Waals surface area (Å²) in [6.45, 7) is 1.84. The molecule has 3 heteroatoms. The summed E-state index contributed by atoms with van der Waals surface area (Å²) >= 11 is 5.91. The Morgan fingerprint density at radius 2 is 1.86 bits per heavy atom. The van der Waals surface area contributed by atoms with Crippen molar-refractivity contribution < 1.29 is 5.11 Å². The zero-order valence-corrected chi connectivity index (χ0v) is 12.5. The van der Waals surface area contributed by atoms with E-state index in [-0.39, 0.29) is 0 Å². The second kappa shape index (κ2) is 5.47. The molecule has 3 rings (SSSR count). The van der Waals surface area contributed by atoms with Gasteiger partial charge < -0.3 is 5.11 Å². The number of halogens is 1. The molecular formula is C18H16ClNO. The van der Waals surface area contributed by atoms with Crippen LogP contribution in [0.1, 0.15) is 18.1 Å². The summed E-state index contributed by atoms with van der Waals surface area (Å²) < 4.78 is 0. The third-order valence-corrected chi connectivity index (χ3v) is 3.97. The highest BCUT2D eigenvalue weighted by Crippen LogP contribution is 2.31. The molecule has 0 radical (unpaired) electrons. The van der Waals surface area contributed by atoms with Gasteiger partial charge in [-0.3, -0.25) is 4.98 Å². The summed E-state index contributed by atoms with van der Waals surface area (Å²) in [6, 6.07) is 15.5. The first-order valence-electron chi connectivity index (χ1n) is 6.86. The number of hydrogen-bond donors (Lipinski definition) is 1. The molecule has 1 heterocycles. The second-order valence-corrected chi connectivity index (χ2v) is 5.92. The minimum absolute atomic E-state index is 0.533. The molecule has 0 fully saturated rings. The lowest BCUT2D eigenvalue weighted by molar-refractivity contribution is 0.0592. The Balaban J connectivity index is 2.01. The molecule has 1 N–H and O–H groups in total. The van der Waals surface area contributed by atoms with E-state index in [0.29, 0.717) is 11.4 Å². The van der Waals surface area contributed by atoms with Crippen LogP contribution >= 0.6 is 11.6 Å². The van der Waals surface area contributed by atoms with Crippen molar-refractivity contribution in [2.75, 3.05) is 0 Å². The standard InChI is InChI=1S/C18H16ClNO/c1-18(21,11-13-5-7-15(19)8-6-13)17-4-2-3-14-12-20-10-9-16(14)17/h2-10,12,21H,11H2,1H3. The van der Waals surface area contributed by atoms with Crippen LogP contribution in [0.25, 0.3) is 10.8 Å². The van der Waals surface area contributed by atoms with Gasteiger partial charge >= 0.3 is 0 Å². The van der Waals surface area contributed by atoms with Gasteiger partial charge in [0.2, 0.25) is 0 Å². The highest BCUT2D eigenvalue weighted by atomic mass is 35.5. The number of nitrogens with zero attached hydrogens (tertiary/aromatic N) is 1. The van der Waals surface area contributed by atoms with Gasteiger partial charge in [0.25, 0.3) is 0 Å². The Kier molecular flexibility index (Phi) is 3.66. The minimum atomic E-state index is -0.950. The first-order chi connectivity index (χ1) is 10.1. The van der Waals surface area contributed by atoms with E-state index in [1.807, 2.05) is 61.7 Å². The SMILES string of the molecule is CC(O)(Cc1ccc(Cl)cc1)c1cccc2cnccc12. The average molecular weight is 298 g/mol. The summed E-state index contributed by atoms with van der Waals surface area (Å²) in [6.07, 6.45) is 4.10. The topological polar surface area (TPSA) is 33.1 Å². The van der Waals surface area contributed by atoms with Crippen molar-refractivity contribution in [2.24, 2.45) is 0 Å². The van der Waals surface area contributed by atoms with Crippen molar-refractivity contribution in [3.63, 3.8) is 0 Å². The van der Waals surface area contributed by atoms with Crippen molar-refractivity contribution in [1.82, 2.24) is 4.98 Å². The van der Waals surface area contributed by atoms with E-state index in [1.165, 1.54) is 0 Å². The van der Waals surface area contributed by atoms with Gasteiger partial charge in [-0.1, -0.05) is 41.9 Å². The molecule has 0 aliphatic carbocycles. The molecule has 0 amide bonds. The zero-order valence-electron chi connectivity index (χ0n) is 11.8. The highest BCUT2D eigenvalue weighted by molar-refractivity contribution is 6.30. The summed E-state index contributed by atoms with van der Waals surface area (Å²) in [5, 5.41) is 13.7. The largest absolute Gasteiger partial charge is 0.385 e. The fourth-order valence-electron chi connectivity index (χ4n) is 2.69. The van der Waals surface area contributed by atoms with E-state index in [9.17, 15) is 5.11 Å². The first-order valence-corrected chi connectivity index (χ1v) is 7.24. The third kappa shape index (κ3) is 2.92. The molecule has 1 unspecified atom stereocenters. The summed E-state index contributed by atoms with van der Waals surface area (Å²) in [5.41, 5.74) is 1.02. The Bertz CT molecular complexity index is 760. The summed E-state index contributed by atoms with van der Waals surface area (Å²) in [5.74, 6) is 0. The lowest BCUT2D eigenvalue weighted by atomic mass is 9.86. The fraction of sp³-hybridized carbons (Fsp3) is 0.167. The van der Waals surface area contributed by atoms with Crippen LogP contribution in [-0.4, -0.2) is 10.1 Å². The maximum absolute atomic E-state index is 11.0. The number of aromatic nitrogens is 1. The number of pyridine rings is 1. The van der Waals surface area contributed by atoms with Gasteiger partial charge in [0, 0.05) is 29.2 Å². The van der Waals surface area contributed by atoms with Gasteiger partial charge in [-0.15, -0.1) is 0 Å². The minimum Gasteiger partial charge on any atom is -0.385 e. The van der Waals surface area contributed by atoms with Crippen LogP contribution in [0.3, 0.4) is 0 Å². The van der Waals surface area contributed by atoms with E-state index in [4.69, 9.17) is 11.6 Å². The fourth-order valence-corrected chi connectivity index (χ4v) is 2.81. The lowest BCUT2D eigenvalue weighted by Crippen LogP contribution is -2.24. The van der Waals surface area contributed by atoms with Gasteiger partial charge in [-0.05, 0) is 41.6 Å². The van der Waals surface area contributed by atoms with E-state index >= 15 is 0 Å². The molecule has 0 saturated carbocycles. The quantitative estimate of drug-likeness (QED) is 0.780. The van der Waals surface area contributed by atoms with Crippen molar-refractivity contribution in [2.45, 2.75) is 18.9 Å². The van der Waals surface area contributed by atoms with E-state index in [2.05, 4.69) is 4.98 Å². The molecule has 106 valence electrons. The lowest BCUT2D eigenvalue weighted by Gasteiger charge is -2.25. The Morgan fingerprint density at radius 1 is 1.10 bits per heavy atom. The van der Waals surface area contributed by atoms with Crippen LogP contribution < -0.4 is 0 Å². The molecule has 0 aliphatic heterocycles. The smallest absolute Gasteiger partial charge is 0.0914 e. The van der Waals surface area contributed by atoms with Gasteiger partial charge in [-0.25, -0.2) is 0 Å². The molecule has 0 spiro atoms. The van der Waals surface area contributed by atoms with E-state index in [0.717, 1.165) is 21.9 Å². The summed E-state index contributed by atoms with van der Waals surface area (Å²) in [7, 11) is 0. The van der Waals surface area contributed by atoms with Gasteiger partial charge in [0.05, 0.1) is 5.60 Å². The molecule has 0 bridgehead atoms. The monoisotopic (exact) mass is 297 g/mol. The second-order valence-electron chi connectivity index (χ2n) is 5.48. The molecule has 2 aromatic carbocycles. The third-order valence-electron chi connectivity index (χ3n) is 3.72. The predicted octanol–water partition coefficient (Wildman–Crippen LogP) is 4.34. The van der Waals surface area contributed by atoms with Crippen molar-refractivity contribution in [1.29, 1.82) is 0 Å². The van der Waals surface area contributed by atoms with Gasteiger partial charge in [0.15, 0.2) is 0 Å². The number of aliphatic hydroxyl groups is 1. The molecule has 2 nitrogen and oxygen atoms in total. The number of fused-ring (bicyclic) bond motifs is 1. The van der Waals surface area contributed by atoms with Crippen molar-refractivity contribution >= 4 is 22.4 Å². The first kappa shape index (κ1) is 14.1. The van der Waals surface area contributed by atoms with Crippen LogP contribution in [0.5, 0.6) is 0 Å². The van der Waals surface area contributed by atoms with Crippen LogP contribution in [-0.2, 0) is 12.0 Å². The van der Waals surface area contributed by atoms with Crippen LogP contribution in [0.4, 0.5) is 0 Å². The Labute approximate surface area is 129 Å². The zero-order chi connectivity index (χ0) is 14.9. The van der Waals surface area contributed by atoms with Gasteiger partial charge in [-0.2, -0.15) is 0 Å². The molecule has 0 saturated heterocycles. The molecule has 21 heavy (non-hydrogen) atoms. The molecule has 1 atom stereocenters. The van der Waals surface area contributed by atoms with E-state index in [1.54, 1.807) is 6.20 Å². The van der Waals surface area contributed by atoms with Crippen LogP contribution in [0.2, 0.25) is 5.02 Å². The average Bonchev–Trinajstić information content (AvgIpc) is 2.49. The molecule has 0 aliphatic rings. The van der Waals surface area contributed by atoms with Crippen LogP contribution in [0.15, 0.2) is 60.9 Å². The molecule has 3 aromatic rings. The number of benzene rings is 2. The Morgan fingerprint density at radius 3 is 2.62 bits per heavy atom. The highest BCUT2D eigenvalue weighted by Gasteiger charge is 2.25. The molecular weight excluding hydrogens is 282 g/mol. The maximum atomic E-state index is 11.0. The molecule has 1 aromatic heterocycles. The normalized spacial score (nSPS) is 14.0. The van der Waals surface area contributed by atoms with Crippen molar-refractivity contribution in [3.05, 3.63) is 77.1 Å². The Hall–Kier alpha value is -1.90. The predicted molar refractivity (Wildman–Crippen MR) is 86.5 cm³/mol. The van der Waals surface area contributed by atoms with Gasteiger partial charge in [0.1, 0.15) is 0 Å².